The third-order valence-electron chi connectivity index (χ3n) is 8.03. The van der Waals surface area contributed by atoms with Gasteiger partial charge in [0.15, 0.2) is 24.8 Å². The van der Waals surface area contributed by atoms with E-state index in [1.165, 1.54) is 43.9 Å². The molecular formula is C43H33BrF12MgO7S6Si. The summed E-state index contributed by atoms with van der Waals surface area (Å²) in [4.78, 5) is 9.16. The number of halogens is 13. The third-order valence-corrected chi connectivity index (χ3v) is 18.7. The number of benzene rings is 6. The molecule has 2 aliphatic rings. The summed E-state index contributed by atoms with van der Waals surface area (Å²) in [6.45, 7) is 4.07. The molecule has 0 atom stereocenters. The normalized spacial score (nSPS) is 13.5. The first kappa shape index (κ1) is 64.1. The van der Waals surface area contributed by atoms with E-state index in [1.807, 2.05) is 97.1 Å². The van der Waals surface area contributed by atoms with Gasteiger partial charge < -0.3 is 25.4 Å². The van der Waals surface area contributed by atoms with Gasteiger partial charge >= 0.3 is 56.5 Å². The van der Waals surface area contributed by atoms with E-state index in [0.29, 0.717) is 4.90 Å². The zero-order valence-electron chi connectivity index (χ0n) is 36.3. The summed E-state index contributed by atoms with van der Waals surface area (Å²) in [7, 11) is -15.7. The average Bonchev–Trinajstić information content (AvgIpc) is 3.24. The fourth-order valence-corrected chi connectivity index (χ4v) is 14.8. The van der Waals surface area contributed by atoms with Crippen LogP contribution in [0.15, 0.2) is 190 Å². The molecule has 8 rings (SSSR count). The van der Waals surface area contributed by atoms with Gasteiger partial charge in [0.1, 0.15) is 10.9 Å². The maximum Gasteiger partial charge on any atom is 2.00 e. The Balaban J connectivity index is 0.000000321. The molecule has 0 saturated heterocycles. The van der Waals surface area contributed by atoms with Crippen LogP contribution in [0.4, 0.5) is 52.7 Å². The van der Waals surface area contributed by atoms with E-state index in [4.69, 9.17) is 13.0 Å². The summed E-state index contributed by atoms with van der Waals surface area (Å²) in [6.07, 6.45) is -8.57. The zero-order chi connectivity index (χ0) is 51.8. The largest absolute Gasteiger partial charge is 2.00 e. The fourth-order valence-electron chi connectivity index (χ4n) is 5.25. The summed E-state index contributed by atoms with van der Waals surface area (Å²) >= 11 is 3.37. The molecule has 0 N–H and O–H groups in total. The van der Waals surface area contributed by atoms with Crippen molar-refractivity contribution in [3.63, 3.8) is 0 Å². The molecule has 6 aromatic rings. The topological polar surface area (TPSA) is 118 Å². The molecule has 0 saturated carbocycles. The second-order valence-corrected chi connectivity index (χ2v) is 27.6. The van der Waals surface area contributed by atoms with E-state index < -0.39 is 84.7 Å². The van der Waals surface area contributed by atoms with E-state index in [9.17, 15) is 65.3 Å². The van der Waals surface area contributed by atoms with Crippen molar-refractivity contribution in [2.75, 3.05) is 0 Å². The Morgan fingerprint density at radius 3 is 1.32 bits per heavy atom. The standard InChI is InChI=1S/C19H12F3S2.C12H8OS2.C7H4F3.C4H9F3O3SSi.CHF3O3S.BrH.Mg/c20-19(21,22)13-6-5-7-14(12-13)24-17-10-3-1-8-15(17)23-16-9-2-4-11-18(16)24;13-15-11-7-3-1-5-9(11)14-10-6-2-4-8-12(10)15;8-7(9,10)6-4-2-1-3-5-6;1-12(2,3)10-11(8,9)4(5,6)7;2-1(3,4)8(5,6)7;;/h1-12H;1-8H;1-2,4-5H;1-3H3;(H,5,6,7);1H;/q+1;;-1;;;;+2/p-2. The third kappa shape index (κ3) is 18.7. The first-order valence-corrected chi connectivity index (χ1v) is 29.1. The minimum absolute atomic E-state index is 0. The molecule has 0 radical (unpaired) electrons. The molecule has 6 aromatic carbocycles. The van der Waals surface area contributed by atoms with Crippen LogP contribution in [0.1, 0.15) is 11.1 Å². The van der Waals surface area contributed by atoms with E-state index in [2.05, 4.69) is 9.94 Å². The second kappa shape index (κ2) is 25.9. The van der Waals surface area contributed by atoms with Crippen LogP contribution in [0.25, 0.3) is 0 Å². The Morgan fingerprint density at radius 2 is 0.972 bits per heavy atom. The Morgan fingerprint density at radius 1 is 0.577 bits per heavy atom. The molecule has 2 aliphatic heterocycles. The van der Waals surface area contributed by atoms with Crippen LogP contribution in [-0.2, 0) is 58.2 Å². The van der Waals surface area contributed by atoms with Crippen molar-refractivity contribution in [3.8, 4) is 0 Å². The van der Waals surface area contributed by atoms with Crippen molar-refractivity contribution in [1.82, 2.24) is 0 Å². The van der Waals surface area contributed by atoms with Crippen LogP contribution in [0, 0.1) is 6.07 Å². The molecule has 0 unspecified atom stereocenters. The van der Waals surface area contributed by atoms with Gasteiger partial charge in [-0.2, -0.15) is 91.4 Å². The van der Waals surface area contributed by atoms with Gasteiger partial charge in [-0.3, -0.25) is 0 Å². The first-order chi connectivity index (χ1) is 31.7. The molecule has 28 heteroatoms. The first-order valence-electron chi connectivity index (χ1n) is 18.8. The summed E-state index contributed by atoms with van der Waals surface area (Å²) in [5.74, 6) is 0. The van der Waals surface area contributed by atoms with Gasteiger partial charge in [-0.05, 0) is 80.3 Å². The molecule has 71 heavy (non-hydrogen) atoms. The number of fused-ring (bicyclic) bond motifs is 4. The number of hydrogen-bond acceptors (Lipinski definition) is 9. The van der Waals surface area contributed by atoms with Gasteiger partial charge in [0.2, 0.25) is 8.32 Å². The number of hydrogen-bond donors (Lipinski definition) is 0. The smallest absolute Gasteiger partial charge is 1.00 e. The van der Waals surface area contributed by atoms with Crippen LogP contribution in [-0.4, -0.2) is 68.0 Å². The summed E-state index contributed by atoms with van der Waals surface area (Å²) in [5.41, 5.74) is -12.2. The van der Waals surface area contributed by atoms with Crippen molar-refractivity contribution in [1.29, 1.82) is 0 Å². The molecule has 0 amide bonds. The van der Waals surface area contributed by atoms with Crippen molar-refractivity contribution in [2.24, 2.45) is 0 Å². The number of alkyl halides is 12. The van der Waals surface area contributed by atoms with E-state index in [-0.39, 0.29) is 40.0 Å². The Kier molecular flexibility index (Phi) is 23.4. The fraction of sp³-hybridized carbons (Fsp3) is 0.163. The van der Waals surface area contributed by atoms with Crippen molar-refractivity contribution >= 4 is 96.8 Å². The zero-order valence-corrected chi connectivity index (χ0v) is 45.2. The van der Waals surface area contributed by atoms with Gasteiger partial charge in [0.05, 0.1) is 35.9 Å². The second-order valence-electron chi connectivity index (χ2n) is 14.4. The molecule has 7 nitrogen and oxygen atoms in total. The van der Waals surface area contributed by atoms with Crippen LogP contribution in [0.5, 0.6) is 0 Å². The predicted molar refractivity (Wildman–Crippen MR) is 243 cm³/mol. The maximum atomic E-state index is 13.1. The van der Waals surface area contributed by atoms with Crippen molar-refractivity contribution < 1.29 is 99.1 Å². The van der Waals surface area contributed by atoms with Gasteiger partial charge in [-0.25, -0.2) is 12.6 Å². The van der Waals surface area contributed by atoms with E-state index in [0.717, 1.165) is 57.4 Å². The minimum Gasteiger partial charge on any atom is -1.00 e. The van der Waals surface area contributed by atoms with Crippen molar-refractivity contribution in [3.05, 3.63) is 163 Å². The average molecular weight is 1210 g/mol. The van der Waals surface area contributed by atoms with Crippen LogP contribution < -0.4 is 17.0 Å². The molecule has 0 bridgehead atoms. The molecule has 0 spiro atoms. The Labute approximate surface area is 442 Å². The van der Waals surface area contributed by atoms with E-state index >= 15 is 0 Å². The molecule has 0 aliphatic carbocycles. The summed E-state index contributed by atoms with van der Waals surface area (Å²) in [5, 5.41) is 0. The predicted octanol–water partition coefficient (Wildman–Crippen LogP) is 10.5. The molecular weight excluding hydrogens is 1180 g/mol. The number of rotatable bonds is 3. The van der Waals surface area contributed by atoms with Crippen LogP contribution >= 0.6 is 23.5 Å². The maximum absolute atomic E-state index is 13.1. The summed E-state index contributed by atoms with van der Waals surface area (Å²) < 4.78 is 205. The molecule has 0 fully saturated rings. The monoisotopic (exact) mass is 1210 g/mol. The summed E-state index contributed by atoms with van der Waals surface area (Å²) in [6, 6.07) is 44.4. The van der Waals surface area contributed by atoms with Gasteiger partial charge in [0, 0.05) is 15.9 Å². The van der Waals surface area contributed by atoms with Gasteiger partial charge in [-0.15, -0.1) is 0 Å². The van der Waals surface area contributed by atoms with Crippen LogP contribution in [0.2, 0.25) is 19.6 Å². The van der Waals surface area contributed by atoms with Crippen molar-refractivity contribution in [2.45, 2.75) is 87.1 Å². The van der Waals surface area contributed by atoms with Crippen LogP contribution in [0.3, 0.4) is 0 Å². The SMILES string of the molecule is C[Si](C)(C)OS(=O)(=O)C(F)(F)F.FC(F)(F)c1c[c-]ccc1.FC(F)(F)c1cccc([S+]2c3ccccc3Sc3ccccc32)c1.O=S(=O)([O-])C(F)(F)F.O=S1c2ccccc2Sc2ccccc21.[Br-].[Mg+2]. The molecule has 2 heterocycles. The van der Waals surface area contributed by atoms with E-state index in [1.54, 1.807) is 29.6 Å². The Bertz CT molecular complexity index is 2870. The Hall–Kier alpha value is -3.04. The van der Waals surface area contributed by atoms with Gasteiger partial charge in [-0.1, -0.05) is 83.7 Å². The quantitative estimate of drug-likeness (QED) is 0.0426. The molecule has 380 valence electrons. The molecule has 0 aromatic heterocycles. The minimum atomic E-state index is -6.09. The van der Waals surface area contributed by atoms with Gasteiger partial charge in [0.25, 0.3) is 0 Å².